The van der Waals surface area contributed by atoms with Gasteiger partial charge >= 0.3 is 5.97 Å². The number of carbonyl (C=O) groups excluding carboxylic acids is 1. The van der Waals surface area contributed by atoms with Crippen LogP contribution in [0.15, 0.2) is 0 Å². The number of rotatable bonds is 0. The molecule has 6 atom stereocenters. The summed E-state index contributed by atoms with van der Waals surface area (Å²) in [6.07, 6.45) is 6.12. The summed E-state index contributed by atoms with van der Waals surface area (Å²) in [7, 11) is 0. The van der Waals surface area contributed by atoms with Crippen LogP contribution in [0.5, 0.6) is 0 Å². The summed E-state index contributed by atoms with van der Waals surface area (Å²) in [5.74, 6) is 1.15. The lowest BCUT2D eigenvalue weighted by molar-refractivity contribution is -0.144. The van der Waals surface area contributed by atoms with E-state index >= 15 is 0 Å². The van der Waals surface area contributed by atoms with Crippen LogP contribution in [-0.2, 0) is 14.3 Å². The van der Waals surface area contributed by atoms with Crippen LogP contribution in [0.25, 0.3) is 0 Å². The molecule has 0 aromatic rings. The Morgan fingerprint density at radius 3 is 2.78 bits per heavy atom. The molecule has 0 amide bonds. The average Bonchev–Trinajstić information content (AvgIpc) is 2.90. The maximum absolute atomic E-state index is 11.8. The third kappa shape index (κ3) is 1.97. The van der Waals surface area contributed by atoms with Crippen LogP contribution in [0, 0.1) is 17.8 Å². The molecule has 3 nitrogen and oxygen atoms in total. The third-order valence-electron chi connectivity index (χ3n) is 5.29. The molecule has 3 aliphatic rings. The zero-order chi connectivity index (χ0) is 12.9. The van der Waals surface area contributed by atoms with Gasteiger partial charge in [0.2, 0.25) is 0 Å². The van der Waals surface area contributed by atoms with E-state index in [1.165, 1.54) is 19.3 Å². The molecule has 1 saturated carbocycles. The quantitative estimate of drug-likeness (QED) is 0.491. The second-order valence-corrected chi connectivity index (χ2v) is 6.78. The smallest absolute Gasteiger partial charge is 0.309 e. The van der Waals surface area contributed by atoms with E-state index in [0.717, 1.165) is 18.8 Å². The van der Waals surface area contributed by atoms with Crippen molar-refractivity contribution in [3.05, 3.63) is 0 Å². The minimum atomic E-state index is -0.0235. The predicted molar refractivity (Wildman–Crippen MR) is 68.1 cm³/mol. The highest BCUT2D eigenvalue weighted by atomic mass is 16.6. The van der Waals surface area contributed by atoms with Crippen molar-refractivity contribution in [2.24, 2.45) is 17.8 Å². The number of carbonyl (C=O) groups is 1. The molecule has 0 unspecified atom stereocenters. The number of epoxide rings is 1. The minimum absolute atomic E-state index is 0.0165. The molecule has 0 aromatic heterocycles. The molecule has 2 heterocycles. The molecule has 0 aromatic carbocycles. The van der Waals surface area contributed by atoms with E-state index in [0.29, 0.717) is 5.92 Å². The minimum Gasteiger partial charge on any atom is -0.459 e. The second-order valence-electron chi connectivity index (χ2n) is 6.78. The van der Waals surface area contributed by atoms with Crippen molar-refractivity contribution in [3.8, 4) is 0 Å². The normalized spacial score (nSPS) is 52.2. The van der Waals surface area contributed by atoms with E-state index in [2.05, 4.69) is 13.8 Å². The molecule has 2 saturated heterocycles. The van der Waals surface area contributed by atoms with Crippen LogP contribution < -0.4 is 0 Å². The van der Waals surface area contributed by atoms with Crippen molar-refractivity contribution in [2.75, 3.05) is 0 Å². The van der Waals surface area contributed by atoms with Crippen molar-refractivity contribution in [1.82, 2.24) is 0 Å². The van der Waals surface area contributed by atoms with Gasteiger partial charge in [-0.05, 0) is 25.7 Å². The molecule has 0 N–H and O–H groups in total. The van der Waals surface area contributed by atoms with Crippen LogP contribution in [0.1, 0.15) is 52.9 Å². The summed E-state index contributed by atoms with van der Waals surface area (Å²) in [6, 6.07) is 0. The lowest BCUT2D eigenvalue weighted by Crippen LogP contribution is -2.30. The Labute approximate surface area is 109 Å². The molecule has 18 heavy (non-hydrogen) atoms. The summed E-state index contributed by atoms with van der Waals surface area (Å²) < 4.78 is 11.5. The van der Waals surface area contributed by atoms with Crippen LogP contribution in [0.4, 0.5) is 0 Å². The van der Waals surface area contributed by atoms with Gasteiger partial charge < -0.3 is 9.47 Å². The largest absolute Gasteiger partial charge is 0.459 e. The van der Waals surface area contributed by atoms with E-state index in [1.807, 2.05) is 6.92 Å². The molecular weight excluding hydrogens is 228 g/mol. The molecule has 1 aliphatic carbocycles. The van der Waals surface area contributed by atoms with E-state index in [9.17, 15) is 4.79 Å². The summed E-state index contributed by atoms with van der Waals surface area (Å²) in [5.41, 5.74) is -0.0235. The molecule has 0 spiro atoms. The molecule has 2 aliphatic heterocycles. The number of hydrogen-bond donors (Lipinski definition) is 0. The van der Waals surface area contributed by atoms with E-state index in [4.69, 9.17) is 9.47 Å². The maximum Gasteiger partial charge on any atom is 0.309 e. The Balaban J connectivity index is 1.80. The van der Waals surface area contributed by atoms with Gasteiger partial charge in [0, 0.05) is 5.92 Å². The van der Waals surface area contributed by atoms with Gasteiger partial charge in [0.25, 0.3) is 0 Å². The van der Waals surface area contributed by atoms with Gasteiger partial charge in [0.05, 0.1) is 11.5 Å². The third-order valence-corrected chi connectivity index (χ3v) is 5.29. The van der Waals surface area contributed by atoms with Crippen molar-refractivity contribution in [2.45, 2.75) is 70.7 Å². The first kappa shape index (κ1) is 12.5. The average molecular weight is 252 g/mol. The molecule has 102 valence electrons. The van der Waals surface area contributed by atoms with Crippen LogP contribution >= 0.6 is 0 Å². The summed E-state index contributed by atoms with van der Waals surface area (Å²) in [6.45, 7) is 6.52. The van der Waals surface area contributed by atoms with Crippen LogP contribution in [0.3, 0.4) is 0 Å². The second kappa shape index (κ2) is 4.22. The monoisotopic (exact) mass is 252 g/mol. The van der Waals surface area contributed by atoms with Gasteiger partial charge in [0.1, 0.15) is 12.2 Å². The molecule has 3 rings (SSSR count). The van der Waals surface area contributed by atoms with Crippen LogP contribution in [-0.4, -0.2) is 23.8 Å². The topological polar surface area (TPSA) is 38.8 Å². The highest BCUT2D eigenvalue weighted by molar-refractivity contribution is 5.75. The fraction of sp³-hybridized carbons (Fsp3) is 0.933. The van der Waals surface area contributed by atoms with E-state index < -0.39 is 0 Å². The number of ether oxygens (including phenoxy) is 2. The SMILES string of the molecule is C[C@@H]1CCC[C@@]2(C)O[C@@H]2[C@H]2OC(=O)[C@@H](C)[C@@H]2CC1. The first-order valence-corrected chi connectivity index (χ1v) is 7.39. The lowest BCUT2D eigenvalue weighted by Gasteiger charge is -2.23. The fourth-order valence-electron chi connectivity index (χ4n) is 3.78. The van der Waals surface area contributed by atoms with Gasteiger partial charge in [-0.2, -0.15) is 0 Å². The zero-order valence-corrected chi connectivity index (χ0v) is 11.6. The number of hydrogen-bond acceptors (Lipinski definition) is 3. The Morgan fingerprint density at radius 1 is 1.22 bits per heavy atom. The molecule has 0 radical (unpaired) electrons. The summed E-state index contributed by atoms with van der Waals surface area (Å²) in [5, 5.41) is 0. The molecule has 0 bridgehead atoms. The lowest BCUT2D eigenvalue weighted by atomic mass is 9.79. The van der Waals surface area contributed by atoms with Crippen LogP contribution in [0.2, 0.25) is 0 Å². The Hall–Kier alpha value is -0.570. The van der Waals surface area contributed by atoms with E-state index in [-0.39, 0.29) is 29.7 Å². The Bertz CT molecular complexity index is 354. The summed E-state index contributed by atoms with van der Waals surface area (Å²) >= 11 is 0. The van der Waals surface area contributed by atoms with Gasteiger partial charge in [-0.15, -0.1) is 0 Å². The molecule has 3 fully saturated rings. The molecule has 3 heteroatoms. The highest BCUT2D eigenvalue weighted by Crippen LogP contribution is 2.50. The van der Waals surface area contributed by atoms with Gasteiger partial charge in [-0.3, -0.25) is 4.79 Å². The highest BCUT2D eigenvalue weighted by Gasteiger charge is 2.62. The predicted octanol–water partition coefficient (Wildman–Crippen LogP) is 2.92. The maximum atomic E-state index is 11.8. The number of fused-ring (bicyclic) bond motifs is 3. The summed E-state index contributed by atoms with van der Waals surface area (Å²) in [4.78, 5) is 11.8. The van der Waals surface area contributed by atoms with Crippen molar-refractivity contribution in [3.63, 3.8) is 0 Å². The van der Waals surface area contributed by atoms with Crippen molar-refractivity contribution >= 4 is 5.97 Å². The van der Waals surface area contributed by atoms with Gasteiger partial charge in [-0.25, -0.2) is 0 Å². The van der Waals surface area contributed by atoms with Crippen molar-refractivity contribution in [1.29, 1.82) is 0 Å². The van der Waals surface area contributed by atoms with E-state index in [1.54, 1.807) is 0 Å². The zero-order valence-electron chi connectivity index (χ0n) is 11.6. The standard InChI is InChI=1S/C15H24O3/c1-9-5-4-8-15(3)13(18-15)12-11(7-6-9)10(2)14(16)17-12/h9-13H,4-8H2,1-3H3/t9-,10+,11+,12+,13-,15-/m1/s1. The number of esters is 1. The van der Waals surface area contributed by atoms with Crippen molar-refractivity contribution < 1.29 is 14.3 Å². The Morgan fingerprint density at radius 2 is 2.00 bits per heavy atom. The van der Waals surface area contributed by atoms with Gasteiger partial charge in [-0.1, -0.05) is 33.1 Å². The Kier molecular flexibility index (Phi) is 2.92. The first-order chi connectivity index (χ1) is 8.51. The first-order valence-electron chi connectivity index (χ1n) is 7.39. The fourth-order valence-corrected chi connectivity index (χ4v) is 3.78. The molecular formula is C15H24O3. The van der Waals surface area contributed by atoms with Gasteiger partial charge in [0.15, 0.2) is 0 Å².